The average molecular weight is 328 g/mol. The van der Waals surface area contributed by atoms with Crippen LogP contribution in [0.15, 0.2) is 36.4 Å². The fourth-order valence-electron chi connectivity index (χ4n) is 2.76. The zero-order chi connectivity index (χ0) is 17.1. The van der Waals surface area contributed by atoms with Gasteiger partial charge in [0.15, 0.2) is 11.5 Å². The Morgan fingerprint density at radius 1 is 0.833 bits per heavy atom. The molecule has 1 aliphatic rings. The van der Waals surface area contributed by atoms with Crippen molar-refractivity contribution in [1.82, 2.24) is 0 Å². The molecule has 0 aromatic heterocycles. The molecule has 0 bridgehead atoms. The van der Waals surface area contributed by atoms with Crippen LogP contribution in [0.4, 0.5) is 0 Å². The normalized spacial score (nSPS) is 12.6. The smallest absolute Gasteiger partial charge is 0.203 e. The van der Waals surface area contributed by atoms with Gasteiger partial charge in [0.25, 0.3) is 0 Å². The second kappa shape index (κ2) is 6.74. The first-order valence-electron chi connectivity index (χ1n) is 7.56. The van der Waals surface area contributed by atoms with E-state index in [0.717, 1.165) is 22.6 Å². The average Bonchev–Trinajstić information content (AvgIpc) is 2.65. The molecule has 0 saturated carbocycles. The summed E-state index contributed by atoms with van der Waals surface area (Å²) in [4.78, 5) is 0. The van der Waals surface area contributed by atoms with E-state index in [1.165, 1.54) is 0 Å². The maximum absolute atomic E-state index is 6.08. The molecule has 126 valence electrons. The summed E-state index contributed by atoms with van der Waals surface area (Å²) >= 11 is 0. The number of rotatable bonds is 5. The lowest BCUT2D eigenvalue weighted by atomic mass is 10.0. The first-order valence-corrected chi connectivity index (χ1v) is 7.56. The highest BCUT2D eigenvalue weighted by Crippen LogP contribution is 2.47. The van der Waals surface area contributed by atoms with Crippen molar-refractivity contribution in [3.63, 3.8) is 0 Å². The highest BCUT2D eigenvalue weighted by atomic mass is 16.5. The van der Waals surface area contributed by atoms with Gasteiger partial charge in [0.05, 0.1) is 28.4 Å². The number of hydrogen-bond acceptors (Lipinski definition) is 5. The first kappa shape index (κ1) is 16.1. The fraction of sp³-hybridized carbons (Fsp3) is 0.263. The van der Waals surface area contributed by atoms with Crippen molar-refractivity contribution in [2.24, 2.45) is 0 Å². The maximum atomic E-state index is 6.08. The molecule has 1 heterocycles. The monoisotopic (exact) mass is 328 g/mol. The standard InChI is InChI=1S/C19H20O5/c1-20-13-7-5-12(6-8-13)15-10-9-14-16(24-15)11-17(21-2)19(23-4)18(14)22-3/h5-8,10-11H,9H2,1-4H3. The van der Waals surface area contributed by atoms with Crippen LogP contribution in [0.3, 0.4) is 0 Å². The summed E-state index contributed by atoms with van der Waals surface area (Å²) in [7, 11) is 6.44. The van der Waals surface area contributed by atoms with Crippen molar-refractivity contribution in [2.75, 3.05) is 28.4 Å². The van der Waals surface area contributed by atoms with Crippen LogP contribution < -0.4 is 23.7 Å². The maximum Gasteiger partial charge on any atom is 0.203 e. The third-order valence-electron chi connectivity index (χ3n) is 3.98. The van der Waals surface area contributed by atoms with E-state index in [1.54, 1.807) is 28.4 Å². The number of hydrogen-bond donors (Lipinski definition) is 0. The number of fused-ring (bicyclic) bond motifs is 1. The van der Waals surface area contributed by atoms with Gasteiger partial charge in [-0.05, 0) is 30.3 Å². The van der Waals surface area contributed by atoms with Gasteiger partial charge >= 0.3 is 0 Å². The summed E-state index contributed by atoms with van der Waals surface area (Å²) in [6, 6.07) is 9.57. The van der Waals surface area contributed by atoms with Crippen LogP contribution in [-0.4, -0.2) is 28.4 Å². The second-order valence-corrected chi connectivity index (χ2v) is 5.23. The number of benzene rings is 2. The van der Waals surface area contributed by atoms with Crippen molar-refractivity contribution in [1.29, 1.82) is 0 Å². The lowest BCUT2D eigenvalue weighted by Gasteiger charge is -2.23. The fourth-order valence-corrected chi connectivity index (χ4v) is 2.76. The van der Waals surface area contributed by atoms with Gasteiger partial charge in [0, 0.05) is 23.6 Å². The molecule has 0 fully saturated rings. The molecule has 0 N–H and O–H groups in total. The van der Waals surface area contributed by atoms with Gasteiger partial charge in [-0.3, -0.25) is 0 Å². The Morgan fingerprint density at radius 2 is 1.54 bits per heavy atom. The van der Waals surface area contributed by atoms with Crippen molar-refractivity contribution < 1.29 is 23.7 Å². The Labute approximate surface area is 141 Å². The van der Waals surface area contributed by atoms with E-state index in [4.69, 9.17) is 23.7 Å². The van der Waals surface area contributed by atoms with Gasteiger partial charge < -0.3 is 23.7 Å². The van der Waals surface area contributed by atoms with Crippen molar-refractivity contribution >= 4 is 5.76 Å². The zero-order valence-electron chi connectivity index (χ0n) is 14.2. The van der Waals surface area contributed by atoms with Crippen LogP contribution in [-0.2, 0) is 6.42 Å². The van der Waals surface area contributed by atoms with E-state index < -0.39 is 0 Å². The van der Waals surface area contributed by atoms with Crippen LogP contribution in [0.1, 0.15) is 11.1 Å². The van der Waals surface area contributed by atoms with Crippen LogP contribution >= 0.6 is 0 Å². The molecule has 0 unspecified atom stereocenters. The Morgan fingerprint density at radius 3 is 2.12 bits per heavy atom. The molecule has 3 rings (SSSR count). The van der Waals surface area contributed by atoms with Gasteiger partial charge in [0.2, 0.25) is 5.75 Å². The van der Waals surface area contributed by atoms with E-state index in [1.807, 2.05) is 36.4 Å². The summed E-state index contributed by atoms with van der Waals surface area (Å²) in [5, 5.41) is 0. The molecule has 24 heavy (non-hydrogen) atoms. The predicted molar refractivity (Wildman–Crippen MR) is 91.4 cm³/mol. The Kier molecular flexibility index (Phi) is 4.51. The highest BCUT2D eigenvalue weighted by Gasteiger charge is 2.24. The van der Waals surface area contributed by atoms with Crippen molar-refractivity contribution in [2.45, 2.75) is 6.42 Å². The van der Waals surface area contributed by atoms with E-state index in [2.05, 4.69) is 0 Å². The van der Waals surface area contributed by atoms with Crippen molar-refractivity contribution in [3.05, 3.63) is 47.5 Å². The SMILES string of the molecule is COc1ccc(C2=CCc3c(cc(OC)c(OC)c3OC)O2)cc1. The Hall–Kier alpha value is -2.82. The number of ether oxygens (including phenoxy) is 5. The van der Waals surface area contributed by atoms with E-state index in [9.17, 15) is 0 Å². The Balaban J connectivity index is 1.99. The molecule has 0 saturated heterocycles. The molecule has 0 amide bonds. The summed E-state index contributed by atoms with van der Waals surface area (Å²) in [5.74, 6) is 4.09. The molecule has 2 aromatic carbocycles. The number of methoxy groups -OCH3 is 4. The van der Waals surface area contributed by atoms with Crippen LogP contribution in [0.5, 0.6) is 28.7 Å². The Bertz CT molecular complexity index is 762. The summed E-state index contributed by atoms with van der Waals surface area (Å²) in [6.07, 6.45) is 2.71. The summed E-state index contributed by atoms with van der Waals surface area (Å²) in [5.41, 5.74) is 1.92. The quantitative estimate of drug-likeness (QED) is 0.837. The summed E-state index contributed by atoms with van der Waals surface area (Å²) < 4.78 is 27.6. The van der Waals surface area contributed by atoms with Crippen LogP contribution in [0.2, 0.25) is 0 Å². The van der Waals surface area contributed by atoms with E-state index in [0.29, 0.717) is 29.4 Å². The molecule has 1 aliphatic heterocycles. The van der Waals surface area contributed by atoms with Gasteiger partial charge in [0.1, 0.15) is 17.3 Å². The number of allylic oxidation sites excluding steroid dienone is 1. The molecule has 2 aromatic rings. The molecular weight excluding hydrogens is 308 g/mol. The van der Waals surface area contributed by atoms with Gasteiger partial charge in [-0.2, -0.15) is 0 Å². The van der Waals surface area contributed by atoms with E-state index in [-0.39, 0.29) is 0 Å². The molecule has 0 spiro atoms. The van der Waals surface area contributed by atoms with Gasteiger partial charge in [-0.1, -0.05) is 0 Å². The minimum absolute atomic E-state index is 0.573. The van der Waals surface area contributed by atoms with Gasteiger partial charge in [-0.25, -0.2) is 0 Å². The lowest BCUT2D eigenvalue weighted by molar-refractivity contribution is 0.318. The molecule has 5 nitrogen and oxygen atoms in total. The molecule has 0 radical (unpaired) electrons. The highest BCUT2D eigenvalue weighted by molar-refractivity contribution is 5.70. The third-order valence-corrected chi connectivity index (χ3v) is 3.98. The van der Waals surface area contributed by atoms with Gasteiger partial charge in [-0.15, -0.1) is 0 Å². The minimum atomic E-state index is 0.573. The predicted octanol–water partition coefficient (Wildman–Crippen LogP) is 3.70. The van der Waals surface area contributed by atoms with Crippen LogP contribution in [0, 0.1) is 0 Å². The lowest BCUT2D eigenvalue weighted by Crippen LogP contribution is -2.07. The third kappa shape index (κ3) is 2.73. The molecular formula is C19H20O5. The summed E-state index contributed by atoms with van der Waals surface area (Å²) in [6.45, 7) is 0. The first-order chi connectivity index (χ1) is 11.7. The zero-order valence-corrected chi connectivity index (χ0v) is 14.2. The topological polar surface area (TPSA) is 46.2 Å². The molecule has 0 atom stereocenters. The van der Waals surface area contributed by atoms with Crippen molar-refractivity contribution in [3.8, 4) is 28.7 Å². The largest absolute Gasteiger partial charge is 0.497 e. The minimum Gasteiger partial charge on any atom is -0.497 e. The molecule has 5 heteroatoms. The second-order valence-electron chi connectivity index (χ2n) is 5.23. The van der Waals surface area contributed by atoms with Crippen LogP contribution in [0.25, 0.3) is 5.76 Å². The molecule has 0 aliphatic carbocycles. The van der Waals surface area contributed by atoms with E-state index >= 15 is 0 Å².